The van der Waals surface area contributed by atoms with Crippen molar-refractivity contribution in [3.05, 3.63) is 47.5 Å². The minimum absolute atomic E-state index is 0.166. The Hall–Kier alpha value is -1.57. The zero-order valence-corrected chi connectivity index (χ0v) is 10.8. The normalized spacial score (nSPS) is 13.2. The molecule has 0 N–H and O–H groups in total. The van der Waals surface area contributed by atoms with Crippen LogP contribution in [-0.4, -0.2) is 13.1 Å². The van der Waals surface area contributed by atoms with Crippen molar-refractivity contribution in [2.24, 2.45) is 5.92 Å². The maximum Gasteiger partial charge on any atom is 0.312 e. The Bertz CT molecular complexity index is 379. The average Bonchev–Trinajstić information content (AvgIpc) is 2.37. The van der Waals surface area contributed by atoms with Crippen LogP contribution < -0.4 is 0 Å². The number of hydrogen-bond acceptors (Lipinski definition) is 2. The van der Waals surface area contributed by atoms with Crippen LogP contribution in [0, 0.1) is 5.92 Å². The molecule has 1 rings (SSSR count). The van der Waals surface area contributed by atoms with E-state index in [0.29, 0.717) is 0 Å². The predicted molar refractivity (Wildman–Crippen MR) is 69.7 cm³/mol. The van der Waals surface area contributed by atoms with Crippen LogP contribution in [0.3, 0.4) is 0 Å². The molecule has 0 aliphatic heterocycles. The molecule has 0 aromatic heterocycles. The molecule has 0 aliphatic rings. The molecule has 0 bridgehead atoms. The molecule has 92 valence electrons. The monoisotopic (exact) mass is 232 g/mol. The van der Waals surface area contributed by atoms with Crippen molar-refractivity contribution in [3.8, 4) is 0 Å². The molecule has 0 radical (unpaired) electrons. The molecule has 0 saturated carbocycles. The second kappa shape index (κ2) is 6.89. The van der Waals surface area contributed by atoms with Crippen molar-refractivity contribution in [1.82, 2.24) is 0 Å². The standard InChI is InChI=1S/C15H20O2/c1-4-8-14(12(2)15(16)17-3)11-13-9-6-5-7-10-13/h5-10,12H,4,11H2,1-3H3/b14-8-. The Morgan fingerprint density at radius 3 is 2.53 bits per heavy atom. The first-order valence-electron chi connectivity index (χ1n) is 5.99. The van der Waals surface area contributed by atoms with Crippen LogP contribution in [0.5, 0.6) is 0 Å². The molecular weight excluding hydrogens is 212 g/mol. The van der Waals surface area contributed by atoms with Crippen LogP contribution in [0.1, 0.15) is 25.8 Å². The molecule has 1 unspecified atom stereocenters. The SMILES string of the molecule is CC/C=C(/Cc1ccccc1)C(C)C(=O)OC. The number of benzene rings is 1. The maximum absolute atomic E-state index is 11.6. The van der Waals surface area contributed by atoms with E-state index in [9.17, 15) is 4.79 Å². The molecule has 0 saturated heterocycles. The van der Waals surface area contributed by atoms with E-state index >= 15 is 0 Å². The van der Waals surface area contributed by atoms with Crippen molar-refractivity contribution >= 4 is 5.97 Å². The fraction of sp³-hybridized carbons (Fsp3) is 0.400. The molecule has 0 aliphatic carbocycles. The number of rotatable bonds is 5. The highest BCUT2D eigenvalue weighted by Crippen LogP contribution is 2.18. The molecule has 1 atom stereocenters. The van der Waals surface area contributed by atoms with Gasteiger partial charge < -0.3 is 4.74 Å². The summed E-state index contributed by atoms with van der Waals surface area (Å²) in [5.74, 6) is -0.333. The highest BCUT2D eigenvalue weighted by Gasteiger charge is 2.17. The molecule has 17 heavy (non-hydrogen) atoms. The van der Waals surface area contributed by atoms with Crippen molar-refractivity contribution in [2.45, 2.75) is 26.7 Å². The molecule has 0 heterocycles. The van der Waals surface area contributed by atoms with E-state index in [0.717, 1.165) is 18.4 Å². The molecule has 0 amide bonds. The summed E-state index contributed by atoms with van der Waals surface area (Å²) < 4.78 is 4.80. The van der Waals surface area contributed by atoms with E-state index in [4.69, 9.17) is 4.74 Å². The van der Waals surface area contributed by atoms with Gasteiger partial charge in [-0.1, -0.05) is 48.9 Å². The van der Waals surface area contributed by atoms with Gasteiger partial charge in [-0.05, 0) is 25.3 Å². The molecule has 0 spiro atoms. The molecule has 2 nitrogen and oxygen atoms in total. The van der Waals surface area contributed by atoms with Crippen LogP contribution in [-0.2, 0) is 16.0 Å². The first-order chi connectivity index (χ1) is 8.19. The lowest BCUT2D eigenvalue weighted by Gasteiger charge is -2.14. The second-order valence-corrected chi connectivity index (χ2v) is 4.09. The van der Waals surface area contributed by atoms with Crippen LogP contribution in [0.4, 0.5) is 0 Å². The Labute approximate surface area is 103 Å². The van der Waals surface area contributed by atoms with Gasteiger partial charge >= 0.3 is 5.97 Å². The van der Waals surface area contributed by atoms with Crippen molar-refractivity contribution in [2.75, 3.05) is 7.11 Å². The van der Waals surface area contributed by atoms with E-state index in [1.54, 1.807) is 0 Å². The zero-order valence-electron chi connectivity index (χ0n) is 10.8. The van der Waals surface area contributed by atoms with Crippen LogP contribution in [0.25, 0.3) is 0 Å². The van der Waals surface area contributed by atoms with Crippen molar-refractivity contribution < 1.29 is 9.53 Å². The smallest absolute Gasteiger partial charge is 0.312 e. The van der Waals surface area contributed by atoms with Gasteiger partial charge in [0.25, 0.3) is 0 Å². The molecule has 1 aromatic rings. The highest BCUT2D eigenvalue weighted by atomic mass is 16.5. The van der Waals surface area contributed by atoms with Gasteiger partial charge in [0.2, 0.25) is 0 Å². The lowest BCUT2D eigenvalue weighted by Crippen LogP contribution is -2.16. The molecular formula is C15H20O2. The van der Waals surface area contributed by atoms with Crippen molar-refractivity contribution in [1.29, 1.82) is 0 Å². The van der Waals surface area contributed by atoms with E-state index in [2.05, 4.69) is 25.1 Å². The number of methoxy groups -OCH3 is 1. The zero-order chi connectivity index (χ0) is 12.7. The Balaban J connectivity index is 2.81. The number of carbonyl (C=O) groups is 1. The van der Waals surface area contributed by atoms with E-state index in [1.165, 1.54) is 12.7 Å². The Morgan fingerprint density at radius 2 is 2.00 bits per heavy atom. The first-order valence-corrected chi connectivity index (χ1v) is 5.99. The summed E-state index contributed by atoms with van der Waals surface area (Å²) in [7, 11) is 1.44. The molecule has 1 aromatic carbocycles. The minimum atomic E-state index is -0.167. The third-order valence-electron chi connectivity index (χ3n) is 2.83. The third-order valence-corrected chi connectivity index (χ3v) is 2.83. The van der Waals surface area contributed by atoms with E-state index in [-0.39, 0.29) is 11.9 Å². The largest absolute Gasteiger partial charge is 0.469 e. The Kier molecular flexibility index (Phi) is 5.47. The third kappa shape index (κ3) is 4.06. The lowest BCUT2D eigenvalue weighted by molar-refractivity contribution is -0.143. The lowest BCUT2D eigenvalue weighted by atomic mass is 9.93. The number of carbonyl (C=O) groups excluding carboxylic acids is 1. The first kappa shape index (κ1) is 13.5. The van der Waals surface area contributed by atoms with Gasteiger partial charge in [0, 0.05) is 0 Å². The second-order valence-electron chi connectivity index (χ2n) is 4.09. The summed E-state index contributed by atoms with van der Waals surface area (Å²) in [4.78, 5) is 11.6. The highest BCUT2D eigenvalue weighted by molar-refractivity contribution is 5.75. The van der Waals surface area contributed by atoms with Crippen LogP contribution in [0.15, 0.2) is 42.0 Å². The number of hydrogen-bond donors (Lipinski definition) is 0. The van der Waals surface area contributed by atoms with E-state index < -0.39 is 0 Å². The number of allylic oxidation sites excluding steroid dienone is 1. The minimum Gasteiger partial charge on any atom is -0.469 e. The summed E-state index contributed by atoms with van der Waals surface area (Å²) in [6.45, 7) is 3.98. The average molecular weight is 232 g/mol. The topological polar surface area (TPSA) is 26.3 Å². The maximum atomic E-state index is 11.6. The van der Waals surface area contributed by atoms with E-state index in [1.807, 2.05) is 25.1 Å². The number of esters is 1. The predicted octanol–water partition coefficient (Wildman–Crippen LogP) is 3.37. The van der Waals surface area contributed by atoms with Gasteiger partial charge in [0.15, 0.2) is 0 Å². The van der Waals surface area contributed by atoms with Gasteiger partial charge in [-0.25, -0.2) is 0 Å². The fourth-order valence-electron chi connectivity index (χ4n) is 1.82. The molecule has 0 fully saturated rings. The summed E-state index contributed by atoms with van der Waals surface area (Å²) in [6.07, 6.45) is 3.86. The van der Waals surface area contributed by atoms with Gasteiger partial charge in [0.05, 0.1) is 13.0 Å². The summed E-state index contributed by atoms with van der Waals surface area (Å²) >= 11 is 0. The van der Waals surface area contributed by atoms with Crippen molar-refractivity contribution in [3.63, 3.8) is 0 Å². The van der Waals surface area contributed by atoms with Gasteiger partial charge in [-0.15, -0.1) is 0 Å². The quantitative estimate of drug-likeness (QED) is 0.574. The van der Waals surface area contributed by atoms with Crippen LogP contribution >= 0.6 is 0 Å². The fourth-order valence-corrected chi connectivity index (χ4v) is 1.82. The van der Waals surface area contributed by atoms with Gasteiger partial charge in [-0.3, -0.25) is 4.79 Å². The Morgan fingerprint density at radius 1 is 1.35 bits per heavy atom. The van der Waals surface area contributed by atoms with Gasteiger partial charge in [-0.2, -0.15) is 0 Å². The summed E-state index contributed by atoms with van der Waals surface area (Å²) in [6, 6.07) is 10.2. The molecule has 2 heteroatoms. The van der Waals surface area contributed by atoms with Crippen LogP contribution in [0.2, 0.25) is 0 Å². The summed E-state index contributed by atoms with van der Waals surface area (Å²) in [5.41, 5.74) is 2.36. The van der Waals surface area contributed by atoms with Gasteiger partial charge in [0.1, 0.15) is 0 Å². The summed E-state index contributed by atoms with van der Waals surface area (Å²) in [5, 5.41) is 0. The number of ether oxygens (including phenoxy) is 1.